The van der Waals surface area contributed by atoms with Crippen LogP contribution in [0.3, 0.4) is 0 Å². The van der Waals surface area contributed by atoms with Crippen molar-refractivity contribution in [1.29, 1.82) is 0 Å². The molecule has 0 radical (unpaired) electrons. The van der Waals surface area contributed by atoms with Gasteiger partial charge in [-0.1, -0.05) is 6.92 Å². The molecular formula is C15H23NO3S. The van der Waals surface area contributed by atoms with Crippen LogP contribution < -0.4 is 0 Å². The van der Waals surface area contributed by atoms with Crippen LogP contribution in [0.25, 0.3) is 0 Å². The Labute approximate surface area is 124 Å². The van der Waals surface area contributed by atoms with Crippen molar-refractivity contribution in [3.8, 4) is 0 Å². The first-order valence-corrected chi connectivity index (χ1v) is 8.11. The predicted molar refractivity (Wildman–Crippen MR) is 79.1 cm³/mol. The summed E-state index contributed by atoms with van der Waals surface area (Å²) in [6, 6.07) is 0. The number of carboxylic acid groups (broad SMARTS) is 1. The van der Waals surface area contributed by atoms with Crippen LogP contribution in [0.1, 0.15) is 55.1 Å². The Balaban J connectivity index is 2.28. The lowest BCUT2D eigenvalue weighted by molar-refractivity contribution is -0.136. The van der Waals surface area contributed by atoms with Gasteiger partial charge in [0.15, 0.2) is 0 Å². The Kier molecular flexibility index (Phi) is 4.81. The molecule has 0 atom stereocenters. The molecule has 20 heavy (non-hydrogen) atoms. The molecule has 0 aromatic carbocycles. The number of aryl methyl sites for hydroxylation is 1. The van der Waals surface area contributed by atoms with E-state index in [0.29, 0.717) is 6.61 Å². The average Bonchev–Trinajstić information content (AvgIpc) is 2.74. The summed E-state index contributed by atoms with van der Waals surface area (Å²) in [4.78, 5) is 16.4. The molecule has 0 spiro atoms. The van der Waals surface area contributed by atoms with E-state index in [2.05, 4.69) is 11.9 Å². The van der Waals surface area contributed by atoms with Crippen molar-refractivity contribution >= 4 is 17.3 Å². The Bertz CT molecular complexity index is 475. The number of rotatable bonds is 5. The van der Waals surface area contributed by atoms with E-state index in [0.717, 1.165) is 47.2 Å². The summed E-state index contributed by atoms with van der Waals surface area (Å²) in [6.07, 6.45) is 4.32. The van der Waals surface area contributed by atoms with Crippen LogP contribution in [0.5, 0.6) is 0 Å². The predicted octanol–water partition coefficient (Wildman–Crippen LogP) is 3.52. The van der Waals surface area contributed by atoms with Gasteiger partial charge >= 0.3 is 5.97 Å². The Morgan fingerprint density at radius 1 is 1.50 bits per heavy atom. The van der Waals surface area contributed by atoms with Gasteiger partial charge in [0.25, 0.3) is 0 Å². The third-order valence-electron chi connectivity index (χ3n) is 4.10. The molecule has 0 unspecified atom stereocenters. The average molecular weight is 297 g/mol. The SMILES string of the molecule is CCOC1(c2nc(C)c(CC(=O)O)s2)CCC(C)CC1. The van der Waals surface area contributed by atoms with Crippen LogP contribution in [-0.2, 0) is 21.6 Å². The van der Waals surface area contributed by atoms with Gasteiger partial charge in [0.1, 0.15) is 10.6 Å². The zero-order valence-corrected chi connectivity index (χ0v) is 13.3. The number of carbonyl (C=O) groups is 1. The van der Waals surface area contributed by atoms with Gasteiger partial charge in [-0.15, -0.1) is 11.3 Å². The summed E-state index contributed by atoms with van der Waals surface area (Å²) >= 11 is 1.52. The number of aromatic nitrogens is 1. The minimum absolute atomic E-state index is 0.0576. The number of thiazole rings is 1. The fraction of sp³-hybridized carbons (Fsp3) is 0.733. The number of hydrogen-bond acceptors (Lipinski definition) is 4. The normalized spacial score (nSPS) is 26.6. The molecule has 0 saturated heterocycles. The highest BCUT2D eigenvalue weighted by Gasteiger charge is 2.39. The van der Waals surface area contributed by atoms with Crippen molar-refractivity contribution in [1.82, 2.24) is 4.98 Å². The molecule has 2 rings (SSSR count). The number of nitrogens with zero attached hydrogens (tertiary/aromatic N) is 1. The van der Waals surface area contributed by atoms with E-state index in [-0.39, 0.29) is 12.0 Å². The number of ether oxygens (including phenoxy) is 1. The summed E-state index contributed by atoms with van der Waals surface area (Å²) in [7, 11) is 0. The number of hydrogen-bond donors (Lipinski definition) is 1. The van der Waals surface area contributed by atoms with Gasteiger partial charge in [0, 0.05) is 11.5 Å². The third-order valence-corrected chi connectivity index (χ3v) is 5.44. The zero-order chi connectivity index (χ0) is 14.8. The van der Waals surface area contributed by atoms with Crippen molar-refractivity contribution in [2.75, 3.05) is 6.61 Å². The van der Waals surface area contributed by atoms with Crippen LogP contribution >= 0.6 is 11.3 Å². The highest BCUT2D eigenvalue weighted by Crippen LogP contribution is 2.44. The topological polar surface area (TPSA) is 59.4 Å². The molecule has 0 aliphatic heterocycles. The molecule has 1 saturated carbocycles. The molecular weight excluding hydrogens is 274 g/mol. The number of carboxylic acids is 1. The van der Waals surface area contributed by atoms with E-state index >= 15 is 0 Å². The molecule has 1 fully saturated rings. The minimum atomic E-state index is -0.800. The first-order chi connectivity index (χ1) is 9.47. The molecule has 0 bridgehead atoms. The number of aliphatic carboxylic acids is 1. The molecule has 1 aliphatic carbocycles. The second-order valence-electron chi connectivity index (χ2n) is 5.71. The van der Waals surface area contributed by atoms with Crippen LogP contribution in [0.15, 0.2) is 0 Å². The smallest absolute Gasteiger partial charge is 0.308 e. The molecule has 5 heteroatoms. The van der Waals surface area contributed by atoms with Crippen molar-refractivity contribution < 1.29 is 14.6 Å². The Hall–Kier alpha value is -0.940. The minimum Gasteiger partial charge on any atom is -0.481 e. The van der Waals surface area contributed by atoms with Crippen molar-refractivity contribution in [3.63, 3.8) is 0 Å². The van der Waals surface area contributed by atoms with E-state index < -0.39 is 5.97 Å². The summed E-state index contributed by atoms with van der Waals surface area (Å²) in [5, 5.41) is 9.93. The van der Waals surface area contributed by atoms with Gasteiger partial charge in [-0.2, -0.15) is 0 Å². The van der Waals surface area contributed by atoms with Gasteiger partial charge in [0.05, 0.1) is 12.1 Å². The molecule has 1 aromatic rings. The largest absolute Gasteiger partial charge is 0.481 e. The molecule has 112 valence electrons. The zero-order valence-electron chi connectivity index (χ0n) is 12.4. The van der Waals surface area contributed by atoms with E-state index in [9.17, 15) is 4.79 Å². The molecule has 0 amide bonds. The van der Waals surface area contributed by atoms with Crippen molar-refractivity contribution in [2.45, 2.75) is 58.5 Å². The van der Waals surface area contributed by atoms with E-state index in [1.54, 1.807) is 0 Å². The van der Waals surface area contributed by atoms with Crippen molar-refractivity contribution in [3.05, 3.63) is 15.6 Å². The van der Waals surface area contributed by atoms with Gasteiger partial charge in [-0.3, -0.25) is 4.79 Å². The lowest BCUT2D eigenvalue weighted by Gasteiger charge is -2.37. The third kappa shape index (κ3) is 3.20. The first kappa shape index (κ1) is 15.4. The maximum atomic E-state index is 10.9. The fourth-order valence-electron chi connectivity index (χ4n) is 2.85. The first-order valence-electron chi connectivity index (χ1n) is 7.29. The molecule has 1 aliphatic rings. The molecule has 4 nitrogen and oxygen atoms in total. The maximum absolute atomic E-state index is 10.9. The van der Waals surface area contributed by atoms with Crippen molar-refractivity contribution in [2.24, 2.45) is 5.92 Å². The van der Waals surface area contributed by atoms with Gasteiger partial charge in [0.2, 0.25) is 0 Å². The Morgan fingerprint density at radius 3 is 2.70 bits per heavy atom. The fourth-order valence-corrected chi connectivity index (χ4v) is 4.10. The van der Waals surface area contributed by atoms with Crippen LogP contribution in [0.4, 0.5) is 0 Å². The highest BCUT2D eigenvalue weighted by molar-refractivity contribution is 7.12. The molecule has 1 aromatic heterocycles. The monoisotopic (exact) mass is 297 g/mol. The van der Waals surface area contributed by atoms with Gasteiger partial charge in [-0.25, -0.2) is 4.98 Å². The standard InChI is InChI=1S/C15H23NO3S/c1-4-19-15(7-5-10(2)6-8-15)14-16-11(3)12(20-14)9-13(17)18/h10H,4-9H2,1-3H3,(H,17,18). The maximum Gasteiger partial charge on any atom is 0.308 e. The summed E-state index contributed by atoms with van der Waals surface area (Å²) < 4.78 is 6.08. The van der Waals surface area contributed by atoms with Gasteiger partial charge < -0.3 is 9.84 Å². The van der Waals surface area contributed by atoms with Crippen LogP contribution in [0, 0.1) is 12.8 Å². The van der Waals surface area contributed by atoms with Crippen LogP contribution in [-0.4, -0.2) is 22.7 Å². The highest BCUT2D eigenvalue weighted by atomic mass is 32.1. The lowest BCUT2D eigenvalue weighted by atomic mass is 9.79. The Morgan fingerprint density at radius 2 is 2.15 bits per heavy atom. The van der Waals surface area contributed by atoms with E-state index in [1.807, 2.05) is 13.8 Å². The van der Waals surface area contributed by atoms with Crippen LogP contribution in [0.2, 0.25) is 0 Å². The van der Waals surface area contributed by atoms with E-state index in [4.69, 9.17) is 9.84 Å². The van der Waals surface area contributed by atoms with Gasteiger partial charge in [-0.05, 0) is 45.4 Å². The quantitative estimate of drug-likeness (QED) is 0.903. The van der Waals surface area contributed by atoms with E-state index in [1.165, 1.54) is 11.3 Å². The lowest BCUT2D eigenvalue weighted by Crippen LogP contribution is -2.34. The summed E-state index contributed by atoms with van der Waals surface area (Å²) in [5.74, 6) is -0.0610. The second kappa shape index (κ2) is 6.22. The molecule has 1 heterocycles. The molecule has 1 N–H and O–H groups in total. The second-order valence-corrected chi connectivity index (χ2v) is 6.79. The summed E-state index contributed by atoms with van der Waals surface area (Å²) in [6.45, 7) is 6.85. The summed E-state index contributed by atoms with van der Waals surface area (Å²) in [5.41, 5.74) is 0.554.